The molecule has 0 bridgehead atoms. The first-order chi connectivity index (χ1) is 20.4. The van der Waals surface area contributed by atoms with E-state index in [1.165, 1.54) is 6.08 Å². The molecule has 8 heteroatoms. The van der Waals surface area contributed by atoms with Crippen molar-refractivity contribution in [3.63, 3.8) is 0 Å². The predicted octanol–water partition coefficient (Wildman–Crippen LogP) is 5.32. The van der Waals surface area contributed by atoms with Crippen LogP contribution >= 0.6 is 0 Å². The third-order valence-electron chi connectivity index (χ3n) is 6.64. The van der Waals surface area contributed by atoms with Gasteiger partial charge in [-0.05, 0) is 23.8 Å². The minimum atomic E-state index is -0.763. The molecule has 5 rings (SSSR count). The van der Waals surface area contributed by atoms with Gasteiger partial charge in [0, 0.05) is 16.7 Å². The quantitative estimate of drug-likeness (QED) is 0.140. The summed E-state index contributed by atoms with van der Waals surface area (Å²) in [6, 6.07) is 31.5. The molecule has 0 saturated carbocycles. The lowest BCUT2D eigenvalue weighted by Gasteiger charge is -2.16. The third kappa shape index (κ3) is 6.39. The van der Waals surface area contributed by atoms with Crippen molar-refractivity contribution in [1.29, 1.82) is 0 Å². The Labute approximate surface area is 242 Å². The lowest BCUT2D eigenvalue weighted by Crippen LogP contribution is -2.38. The van der Waals surface area contributed by atoms with Crippen molar-refractivity contribution in [3.05, 3.63) is 143 Å². The second kappa shape index (κ2) is 12.7. The van der Waals surface area contributed by atoms with E-state index in [1.807, 2.05) is 6.07 Å². The molecule has 4 aromatic carbocycles. The molecule has 1 aliphatic rings. The normalized spacial score (nSPS) is 13.9. The van der Waals surface area contributed by atoms with Gasteiger partial charge in [0.2, 0.25) is 0 Å². The van der Waals surface area contributed by atoms with Crippen molar-refractivity contribution in [2.75, 3.05) is 19.7 Å². The number of ketones is 3. The van der Waals surface area contributed by atoms with E-state index in [0.29, 0.717) is 28.0 Å². The summed E-state index contributed by atoms with van der Waals surface area (Å²) in [6.07, 6.45) is 1.47. The second-order valence-electron chi connectivity index (χ2n) is 9.52. The van der Waals surface area contributed by atoms with Gasteiger partial charge in [-0.3, -0.25) is 29.0 Å². The fraction of sp³-hybridized carbons (Fsp3) is 0.0882. The minimum absolute atomic E-state index is 0.0531. The van der Waals surface area contributed by atoms with Gasteiger partial charge in [-0.25, -0.2) is 4.79 Å². The topological polar surface area (TPSA) is 101 Å². The van der Waals surface area contributed by atoms with E-state index in [9.17, 15) is 24.0 Å². The number of rotatable bonds is 11. The summed E-state index contributed by atoms with van der Waals surface area (Å²) < 4.78 is 5.69. The van der Waals surface area contributed by atoms with Crippen LogP contribution in [-0.2, 0) is 4.79 Å². The Morgan fingerprint density at radius 1 is 0.595 bits per heavy atom. The molecule has 0 radical (unpaired) electrons. The Hall–Kier alpha value is -5.63. The van der Waals surface area contributed by atoms with Crippen LogP contribution in [-0.4, -0.2) is 58.8 Å². The number of hydrogen-bond donors (Lipinski definition) is 0. The van der Waals surface area contributed by atoms with Gasteiger partial charge in [0.05, 0.1) is 13.1 Å². The van der Waals surface area contributed by atoms with Crippen LogP contribution in [0.2, 0.25) is 0 Å². The molecule has 0 spiro atoms. The third-order valence-corrected chi connectivity index (χ3v) is 6.64. The Morgan fingerprint density at radius 2 is 1.10 bits per heavy atom. The number of ether oxygens (including phenoxy) is 1. The highest BCUT2D eigenvalue weighted by Crippen LogP contribution is 2.26. The van der Waals surface area contributed by atoms with E-state index in [1.54, 1.807) is 109 Å². The molecule has 4 aromatic rings. The van der Waals surface area contributed by atoms with Crippen molar-refractivity contribution in [3.8, 4) is 5.75 Å². The summed E-state index contributed by atoms with van der Waals surface area (Å²) >= 11 is 0. The van der Waals surface area contributed by atoms with Gasteiger partial charge in [0.25, 0.3) is 5.91 Å². The molecule has 42 heavy (non-hydrogen) atoms. The van der Waals surface area contributed by atoms with Crippen LogP contribution in [0.4, 0.5) is 4.79 Å². The lowest BCUT2D eigenvalue weighted by molar-refractivity contribution is -0.122. The highest BCUT2D eigenvalue weighted by Gasteiger charge is 2.42. The molecule has 3 amide bonds. The number of urea groups is 1. The monoisotopic (exact) mass is 558 g/mol. The Balaban J connectivity index is 1.40. The molecule has 1 aliphatic heterocycles. The van der Waals surface area contributed by atoms with Crippen molar-refractivity contribution in [2.45, 2.75) is 0 Å². The molecule has 0 atom stereocenters. The number of Topliss-reactive ketones (excluding diaryl/α,β-unsaturated/α-hetero) is 3. The highest BCUT2D eigenvalue weighted by atomic mass is 16.5. The van der Waals surface area contributed by atoms with Gasteiger partial charge in [-0.15, -0.1) is 0 Å². The summed E-state index contributed by atoms with van der Waals surface area (Å²) in [5, 5.41) is 0. The molecule has 208 valence electrons. The maximum absolute atomic E-state index is 13.5. The maximum atomic E-state index is 13.5. The smallest absolute Gasteiger partial charge is 0.332 e. The Morgan fingerprint density at radius 3 is 1.64 bits per heavy atom. The number of hydrogen-bond acceptors (Lipinski definition) is 6. The maximum Gasteiger partial charge on any atom is 0.332 e. The molecule has 1 saturated heterocycles. The predicted molar refractivity (Wildman–Crippen MR) is 156 cm³/mol. The molecular weight excluding hydrogens is 532 g/mol. The average Bonchev–Trinajstić information content (AvgIpc) is 3.24. The molecule has 1 heterocycles. The van der Waals surface area contributed by atoms with Crippen molar-refractivity contribution >= 4 is 35.4 Å². The molecule has 8 nitrogen and oxygen atoms in total. The van der Waals surface area contributed by atoms with Crippen LogP contribution in [0.15, 0.2) is 121 Å². The summed E-state index contributed by atoms with van der Waals surface area (Å²) in [4.78, 5) is 67.3. The van der Waals surface area contributed by atoms with E-state index in [-0.39, 0.29) is 23.9 Å². The first-order valence-corrected chi connectivity index (χ1v) is 13.2. The molecule has 0 aromatic heterocycles. The first-order valence-electron chi connectivity index (χ1n) is 13.2. The standard InChI is InChI=1S/C34H26N2O6/c37-30(25-12-4-1-5-13-25)21-35-29(33(40)36(34(35)41)22-31(38)26-14-6-2-7-15-26)20-24-11-10-18-28(19-24)42-23-32(39)27-16-8-3-9-17-27/h1-20H,21-23H2/b29-20+. The van der Waals surface area contributed by atoms with Gasteiger partial charge < -0.3 is 4.74 Å². The lowest BCUT2D eigenvalue weighted by atomic mass is 10.1. The Kier molecular flexibility index (Phi) is 8.44. The number of benzene rings is 4. The molecule has 0 unspecified atom stereocenters. The van der Waals surface area contributed by atoms with Gasteiger partial charge >= 0.3 is 6.03 Å². The number of imide groups is 1. The van der Waals surface area contributed by atoms with Crippen molar-refractivity contribution < 1.29 is 28.7 Å². The van der Waals surface area contributed by atoms with E-state index in [0.717, 1.165) is 9.80 Å². The zero-order chi connectivity index (χ0) is 29.5. The zero-order valence-corrected chi connectivity index (χ0v) is 22.5. The number of amides is 3. The Bertz CT molecular complexity index is 1670. The van der Waals surface area contributed by atoms with Crippen LogP contribution in [0.25, 0.3) is 6.08 Å². The summed E-state index contributed by atoms with van der Waals surface area (Å²) in [6.45, 7) is -1.05. The van der Waals surface area contributed by atoms with Gasteiger partial charge in [0.1, 0.15) is 11.4 Å². The largest absolute Gasteiger partial charge is 0.485 e. The highest BCUT2D eigenvalue weighted by molar-refractivity contribution is 6.17. The van der Waals surface area contributed by atoms with Crippen LogP contribution in [0.3, 0.4) is 0 Å². The van der Waals surface area contributed by atoms with Crippen LogP contribution in [0.1, 0.15) is 36.6 Å². The molecule has 0 N–H and O–H groups in total. The van der Waals surface area contributed by atoms with Gasteiger partial charge in [-0.2, -0.15) is 0 Å². The van der Waals surface area contributed by atoms with E-state index in [4.69, 9.17) is 4.74 Å². The molecule has 0 aliphatic carbocycles. The summed E-state index contributed by atoms with van der Waals surface area (Å²) in [5.41, 5.74) is 1.72. The number of carbonyl (C=O) groups is 5. The summed E-state index contributed by atoms with van der Waals surface area (Å²) in [7, 11) is 0. The van der Waals surface area contributed by atoms with E-state index < -0.39 is 30.8 Å². The number of nitrogens with zero attached hydrogens (tertiary/aromatic N) is 2. The van der Waals surface area contributed by atoms with E-state index >= 15 is 0 Å². The summed E-state index contributed by atoms with van der Waals surface area (Å²) in [5.74, 6) is -1.29. The van der Waals surface area contributed by atoms with Crippen molar-refractivity contribution in [1.82, 2.24) is 9.80 Å². The molecule has 1 fully saturated rings. The van der Waals surface area contributed by atoms with Gasteiger partial charge in [-0.1, -0.05) is 103 Å². The second-order valence-corrected chi connectivity index (χ2v) is 9.52. The first kappa shape index (κ1) is 27.9. The van der Waals surface area contributed by atoms with Crippen LogP contribution in [0, 0.1) is 0 Å². The van der Waals surface area contributed by atoms with Gasteiger partial charge in [0.15, 0.2) is 24.0 Å². The SMILES string of the molecule is O=C(COc1cccc(/C=C2\C(=O)N(CC(=O)c3ccccc3)C(=O)N2CC(=O)c2ccccc2)c1)c1ccccc1. The van der Waals surface area contributed by atoms with Crippen LogP contribution in [0.5, 0.6) is 5.75 Å². The fourth-order valence-corrected chi connectivity index (χ4v) is 4.45. The van der Waals surface area contributed by atoms with Crippen molar-refractivity contribution in [2.24, 2.45) is 0 Å². The number of carbonyl (C=O) groups excluding carboxylic acids is 5. The fourth-order valence-electron chi connectivity index (χ4n) is 4.45. The average molecular weight is 559 g/mol. The molecular formula is C34H26N2O6. The van der Waals surface area contributed by atoms with E-state index in [2.05, 4.69) is 0 Å². The van der Waals surface area contributed by atoms with Crippen LogP contribution < -0.4 is 4.74 Å². The minimum Gasteiger partial charge on any atom is -0.485 e. The zero-order valence-electron chi connectivity index (χ0n) is 22.5.